The third kappa shape index (κ3) is 2.15. The Kier molecular flexibility index (Phi) is 3.46. The topological polar surface area (TPSA) is 79.0 Å². The quantitative estimate of drug-likeness (QED) is 0.591. The van der Waals surface area contributed by atoms with E-state index in [9.17, 15) is 9.59 Å². The highest BCUT2D eigenvalue weighted by Gasteiger charge is 2.17. The van der Waals surface area contributed by atoms with Gasteiger partial charge >= 0.3 is 5.97 Å². The van der Waals surface area contributed by atoms with Crippen LogP contribution in [0.15, 0.2) is 17.3 Å². The van der Waals surface area contributed by atoms with Crippen LogP contribution in [0.5, 0.6) is 0 Å². The predicted molar refractivity (Wildman–Crippen MR) is 67.5 cm³/mol. The first kappa shape index (κ1) is 12.7. The number of halogens is 1. The van der Waals surface area contributed by atoms with Crippen molar-refractivity contribution in [2.75, 3.05) is 7.11 Å². The average Bonchev–Trinajstić information content (AvgIpc) is 2.74. The average molecular weight is 315 g/mol. The summed E-state index contributed by atoms with van der Waals surface area (Å²) in [6.45, 7) is 0.156. The van der Waals surface area contributed by atoms with Crippen LogP contribution < -0.4 is 5.56 Å². The number of aryl methyl sites for hydroxylation is 1. The molecule has 0 spiro atoms. The van der Waals surface area contributed by atoms with Gasteiger partial charge in [0, 0.05) is 7.05 Å². The van der Waals surface area contributed by atoms with Crippen molar-refractivity contribution in [3.05, 3.63) is 22.9 Å². The molecule has 0 fully saturated rings. The van der Waals surface area contributed by atoms with Crippen molar-refractivity contribution < 1.29 is 9.53 Å². The van der Waals surface area contributed by atoms with Crippen LogP contribution in [0.25, 0.3) is 11.0 Å². The maximum absolute atomic E-state index is 12.1. The molecule has 0 aliphatic rings. The molecule has 7 nitrogen and oxygen atoms in total. The maximum atomic E-state index is 12.1. The van der Waals surface area contributed by atoms with Crippen molar-refractivity contribution >= 4 is 32.9 Å². The van der Waals surface area contributed by atoms with E-state index < -0.39 is 10.8 Å². The van der Waals surface area contributed by atoms with Crippen LogP contribution in [-0.2, 0) is 23.1 Å². The molecule has 0 radical (unpaired) electrons. The molecule has 0 amide bonds. The summed E-state index contributed by atoms with van der Waals surface area (Å²) in [5, 5.41) is 4.39. The summed E-state index contributed by atoms with van der Waals surface area (Å²) in [6.07, 6.45) is 2.85. The van der Waals surface area contributed by atoms with E-state index in [4.69, 9.17) is 0 Å². The minimum atomic E-state index is -0.587. The van der Waals surface area contributed by atoms with Gasteiger partial charge in [0.1, 0.15) is 16.5 Å². The number of methoxy groups -OCH3 is 1. The van der Waals surface area contributed by atoms with Gasteiger partial charge in [-0.2, -0.15) is 5.10 Å². The van der Waals surface area contributed by atoms with Crippen LogP contribution in [0.4, 0.5) is 0 Å². The molecule has 18 heavy (non-hydrogen) atoms. The molecule has 0 aromatic carbocycles. The largest absolute Gasteiger partial charge is 0.468 e. The van der Waals surface area contributed by atoms with E-state index in [2.05, 4.69) is 30.7 Å². The first-order valence-electron chi connectivity index (χ1n) is 5.13. The molecule has 0 saturated carbocycles. The van der Waals surface area contributed by atoms with Crippen LogP contribution in [0.3, 0.4) is 0 Å². The number of aromatic nitrogens is 4. The van der Waals surface area contributed by atoms with E-state index in [1.54, 1.807) is 7.05 Å². The van der Waals surface area contributed by atoms with Crippen molar-refractivity contribution in [3.63, 3.8) is 0 Å². The molecule has 1 unspecified atom stereocenters. The molecule has 1 atom stereocenters. The first-order chi connectivity index (χ1) is 8.54. The summed E-state index contributed by atoms with van der Waals surface area (Å²) >= 11 is 3.16. The van der Waals surface area contributed by atoms with Gasteiger partial charge in [-0.1, -0.05) is 15.9 Å². The Labute approximate surface area is 110 Å². The van der Waals surface area contributed by atoms with Crippen molar-refractivity contribution in [1.29, 1.82) is 0 Å². The molecule has 0 N–H and O–H groups in total. The van der Waals surface area contributed by atoms with E-state index in [1.807, 2.05) is 0 Å². The Morgan fingerprint density at radius 2 is 2.33 bits per heavy atom. The monoisotopic (exact) mass is 314 g/mol. The van der Waals surface area contributed by atoms with Crippen molar-refractivity contribution in [2.45, 2.75) is 11.4 Å². The van der Waals surface area contributed by atoms with Crippen molar-refractivity contribution in [2.24, 2.45) is 7.05 Å². The number of carbonyl (C=O) groups excluding carboxylic acids is 1. The van der Waals surface area contributed by atoms with Crippen molar-refractivity contribution in [3.8, 4) is 0 Å². The molecule has 2 aromatic rings. The number of esters is 1. The van der Waals surface area contributed by atoms with Gasteiger partial charge in [0.2, 0.25) is 0 Å². The zero-order chi connectivity index (χ0) is 13.3. The SMILES string of the molecule is COC(=O)C(Br)Cn1cnc2c(cnn2C)c1=O. The number of carbonyl (C=O) groups is 1. The predicted octanol–water partition coefficient (Wildman–Crippen LogP) is 0.0665. The third-order valence-electron chi connectivity index (χ3n) is 2.53. The van der Waals surface area contributed by atoms with Crippen LogP contribution in [-0.4, -0.2) is 37.2 Å². The van der Waals surface area contributed by atoms with Gasteiger partial charge in [0.25, 0.3) is 5.56 Å². The Bertz CT molecular complexity index is 648. The van der Waals surface area contributed by atoms with Gasteiger partial charge in [-0.3, -0.25) is 18.8 Å². The lowest BCUT2D eigenvalue weighted by atomic mass is 10.4. The van der Waals surface area contributed by atoms with Crippen LogP contribution >= 0.6 is 15.9 Å². The lowest BCUT2D eigenvalue weighted by molar-refractivity contribution is -0.140. The van der Waals surface area contributed by atoms with Gasteiger partial charge in [0.15, 0.2) is 5.65 Å². The van der Waals surface area contributed by atoms with Gasteiger partial charge in [0.05, 0.1) is 19.9 Å². The van der Waals surface area contributed by atoms with E-state index in [1.165, 1.54) is 28.9 Å². The summed E-state index contributed by atoms with van der Waals surface area (Å²) in [5.41, 5.74) is 0.280. The van der Waals surface area contributed by atoms with E-state index in [0.29, 0.717) is 11.0 Å². The summed E-state index contributed by atoms with van der Waals surface area (Å²) in [6, 6.07) is 0. The van der Waals surface area contributed by atoms with Crippen molar-refractivity contribution in [1.82, 2.24) is 19.3 Å². The molecular formula is C10H11BrN4O3. The Morgan fingerprint density at radius 3 is 3.00 bits per heavy atom. The fourth-order valence-corrected chi connectivity index (χ4v) is 2.07. The van der Waals surface area contributed by atoms with E-state index >= 15 is 0 Å². The highest BCUT2D eigenvalue weighted by atomic mass is 79.9. The zero-order valence-corrected chi connectivity index (χ0v) is 11.4. The minimum absolute atomic E-state index is 0.156. The molecule has 0 saturated heterocycles. The Morgan fingerprint density at radius 1 is 1.61 bits per heavy atom. The van der Waals surface area contributed by atoms with Gasteiger partial charge in [-0.15, -0.1) is 0 Å². The normalized spacial score (nSPS) is 12.6. The molecule has 8 heteroatoms. The number of rotatable bonds is 3. The molecule has 2 rings (SSSR count). The number of alkyl halides is 1. The standard InChI is InChI=1S/C10H11BrN4O3/c1-14-8-6(3-13-14)9(16)15(5-12-8)4-7(11)10(17)18-2/h3,5,7H,4H2,1-2H3. The van der Waals surface area contributed by atoms with Gasteiger partial charge < -0.3 is 4.74 Å². The molecule has 0 aliphatic carbocycles. The smallest absolute Gasteiger partial charge is 0.321 e. The summed E-state index contributed by atoms with van der Waals surface area (Å²) in [4.78, 5) is 26.9. The lowest BCUT2D eigenvalue weighted by Gasteiger charge is -2.09. The summed E-state index contributed by atoms with van der Waals surface area (Å²) in [5.74, 6) is -0.437. The molecule has 96 valence electrons. The fourth-order valence-electron chi connectivity index (χ4n) is 1.57. The van der Waals surface area contributed by atoms with Crippen LogP contribution in [0, 0.1) is 0 Å². The molecule has 2 aromatic heterocycles. The highest BCUT2D eigenvalue weighted by molar-refractivity contribution is 9.10. The zero-order valence-electron chi connectivity index (χ0n) is 9.83. The molecule has 2 heterocycles. The van der Waals surface area contributed by atoms with E-state index in [-0.39, 0.29) is 12.1 Å². The third-order valence-corrected chi connectivity index (χ3v) is 3.20. The molecule has 0 bridgehead atoms. The second kappa shape index (κ2) is 4.89. The fraction of sp³-hybridized carbons (Fsp3) is 0.400. The number of nitrogens with zero attached hydrogens (tertiary/aromatic N) is 4. The first-order valence-corrected chi connectivity index (χ1v) is 6.05. The summed E-state index contributed by atoms with van der Waals surface area (Å²) in [7, 11) is 3.00. The van der Waals surface area contributed by atoms with E-state index in [0.717, 1.165) is 0 Å². The number of ether oxygens (including phenoxy) is 1. The molecule has 0 aliphatic heterocycles. The van der Waals surface area contributed by atoms with Crippen LogP contribution in [0.1, 0.15) is 0 Å². The van der Waals surface area contributed by atoms with Gasteiger partial charge in [-0.05, 0) is 0 Å². The van der Waals surface area contributed by atoms with Gasteiger partial charge in [-0.25, -0.2) is 4.98 Å². The number of hydrogen-bond acceptors (Lipinski definition) is 5. The Balaban J connectivity index is 2.38. The molecular weight excluding hydrogens is 304 g/mol. The maximum Gasteiger partial charge on any atom is 0.321 e. The number of fused-ring (bicyclic) bond motifs is 1. The lowest BCUT2D eigenvalue weighted by Crippen LogP contribution is -2.29. The number of hydrogen-bond donors (Lipinski definition) is 0. The Hall–Kier alpha value is -1.70. The summed E-state index contributed by atoms with van der Waals surface area (Å²) < 4.78 is 7.45. The minimum Gasteiger partial charge on any atom is -0.468 e. The second-order valence-corrected chi connectivity index (χ2v) is 4.80. The van der Waals surface area contributed by atoms with Crippen LogP contribution in [0.2, 0.25) is 0 Å². The highest BCUT2D eigenvalue weighted by Crippen LogP contribution is 2.07. The second-order valence-electron chi connectivity index (χ2n) is 3.70.